The number of rotatable bonds is 4. The lowest BCUT2D eigenvalue weighted by Crippen LogP contribution is -2.45. The number of likely N-dealkylation sites (N-methyl/N-ethyl adjacent to an activating group) is 1. The Bertz CT molecular complexity index is 779. The third kappa shape index (κ3) is 3.12. The first-order valence-electron chi connectivity index (χ1n) is 8.85. The van der Waals surface area contributed by atoms with Crippen LogP contribution in [0, 0.1) is 5.41 Å². The highest BCUT2D eigenvalue weighted by atomic mass is 16.6. The first-order valence-corrected chi connectivity index (χ1v) is 8.85. The van der Waals surface area contributed by atoms with E-state index in [-0.39, 0.29) is 11.5 Å². The van der Waals surface area contributed by atoms with Gasteiger partial charge in [-0.05, 0) is 44.6 Å². The molecular formula is C19H25N3O3. The van der Waals surface area contributed by atoms with E-state index in [0.717, 1.165) is 56.6 Å². The molecule has 2 aliphatic heterocycles. The van der Waals surface area contributed by atoms with E-state index in [2.05, 4.69) is 24.0 Å². The Labute approximate surface area is 147 Å². The molecule has 3 heterocycles. The Morgan fingerprint density at radius 3 is 2.92 bits per heavy atom. The summed E-state index contributed by atoms with van der Waals surface area (Å²) in [5.41, 5.74) is 2.36. The molecule has 2 aliphatic rings. The number of nitrogens with one attached hydrogen (secondary N) is 1. The molecule has 2 fully saturated rings. The van der Waals surface area contributed by atoms with Crippen LogP contribution < -0.4 is 4.74 Å². The van der Waals surface area contributed by atoms with Gasteiger partial charge in [0.25, 0.3) is 0 Å². The van der Waals surface area contributed by atoms with E-state index < -0.39 is 0 Å². The predicted octanol–water partition coefficient (Wildman–Crippen LogP) is 2.49. The molecule has 25 heavy (non-hydrogen) atoms. The summed E-state index contributed by atoms with van der Waals surface area (Å²) in [6.07, 6.45) is 3.68. The average Bonchev–Trinajstić information content (AvgIpc) is 3.18. The smallest absolute Gasteiger partial charge is 0.409 e. The van der Waals surface area contributed by atoms with Gasteiger partial charge in [-0.25, -0.2) is 4.79 Å². The van der Waals surface area contributed by atoms with E-state index in [1.54, 1.807) is 0 Å². The lowest BCUT2D eigenvalue weighted by molar-refractivity contribution is -0.103. The second-order valence-electron chi connectivity index (χ2n) is 7.58. The van der Waals surface area contributed by atoms with Crippen molar-refractivity contribution in [3.8, 4) is 5.75 Å². The van der Waals surface area contributed by atoms with E-state index in [9.17, 15) is 4.79 Å². The van der Waals surface area contributed by atoms with Gasteiger partial charge in [0.15, 0.2) is 0 Å². The maximum atomic E-state index is 12.6. The Morgan fingerprint density at radius 2 is 2.24 bits per heavy atom. The number of nitrogens with zero attached hydrogens (tertiary/aromatic N) is 2. The average molecular weight is 343 g/mol. The molecular weight excluding hydrogens is 318 g/mol. The number of hydrogen-bond acceptors (Lipinski definition) is 4. The molecule has 0 bridgehead atoms. The molecule has 1 aromatic heterocycles. The second kappa shape index (κ2) is 6.35. The number of fused-ring (bicyclic) bond motifs is 1. The summed E-state index contributed by atoms with van der Waals surface area (Å²) in [5, 5.41) is 1.01. The summed E-state index contributed by atoms with van der Waals surface area (Å²) < 4.78 is 11.1. The topological polar surface area (TPSA) is 57.8 Å². The van der Waals surface area contributed by atoms with Gasteiger partial charge in [-0.15, -0.1) is 0 Å². The lowest BCUT2D eigenvalue weighted by Gasteiger charge is -2.37. The van der Waals surface area contributed by atoms with Crippen LogP contribution in [0.5, 0.6) is 5.75 Å². The largest absolute Gasteiger partial charge is 0.415 e. The molecule has 0 aliphatic carbocycles. The van der Waals surface area contributed by atoms with Crippen molar-refractivity contribution in [1.29, 1.82) is 0 Å². The van der Waals surface area contributed by atoms with Crippen LogP contribution in [0.1, 0.15) is 12.0 Å². The van der Waals surface area contributed by atoms with Crippen LogP contribution in [0.3, 0.4) is 0 Å². The van der Waals surface area contributed by atoms with Crippen molar-refractivity contribution in [2.45, 2.75) is 12.8 Å². The van der Waals surface area contributed by atoms with E-state index in [1.165, 1.54) is 5.56 Å². The molecule has 2 saturated heterocycles. The van der Waals surface area contributed by atoms with Crippen molar-refractivity contribution in [2.75, 3.05) is 46.9 Å². The number of likely N-dealkylation sites (tertiary alicyclic amines) is 1. The van der Waals surface area contributed by atoms with Gasteiger partial charge in [0.1, 0.15) is 5.75 Å². The number of carbonyl (C=O) groups excluding carboxylic acids is 1. The van der Waals surface area contributed by atoms with Gasteiger partial charge in [0.05, 0.1) is 13.2 Å². The fraction of sp³-hybridized carbons (Fsp3) is 0.526. The van der Waals surface area contributed by atoms with Crippen molar-refractivity contribution in [2.24, 2.45) is 5.41 Å². The van der Waals surface area contributed by atoms with Crippen LogP contribution in [-0.2, 0) is 11.2 Å². The summed E-state index contributed by atoms with van der Waals surface area (Å²) >= 11 is 0. The highest BCUT2D eigenvalue weighted by Crippen LogP contribution is 2.38. The fourth-order valence-electron chi connectivity index (χ4n) is 3.72. The molecule has 0 radical (unpaired) electrons. The van der Waals surface area contributed by atoms with Crippen LogP contribution in [0.2, 0.25) is 0 Å². The Balaban J connectivity index is 1.52. The van der Waals surface area contributed by atoms with Crippen LogP contribution in [-0.4, -0.2) is 67.8 Å². The van der Waals surface area contributed by atoms with Crippen molar-refractivity contribution < 1.29 is 14.3 Å². The third-order valence-electron chi connectivity index (χ3n) is 5.29. The van der Waals surface area contributed by atoms with Crippen LogP contribution in [0.15, 0.2) is 24.4 Å². The number of aromatic nitrogens is 1. The summed E-state index contributed by atoms with van der Waals surface area (Å²) in [5.74, 6) is 0.642. The molecule has 1 N–H and O–H groups in total. The quantitative estimate of drug-likeness (QED) is 0.927. The predicted molar refractivity (Wildman–Crippen MR) is 96.0 cm³/mol. The second-order valence-corrected chi connectivity index (χ2v) is 7.58. The van der Waals surface area contributed by atoms with E-state index >= 15 is 0 Å². The van der Waals surface area contributed by atoms with Crippen LogP contribution in [0.4, 0.5) is 4.79 Å². The van der Waals surface area contributed by atoms with Crippen molar-refractivity contribution >= 4 is 17.0 Å². The lowest BCUT2D eigenvalue weighted by atomic mass is 9.85. The van der Waals surface area contributed by atoms with Crippen LogP contribution >= 0.6 is 0 Å². The normalized spacial score (nSPS) is 18.9. The fourth-order valence-corrected chi connectivity index (χ4v) is 3.72. The molecule has 1 aromatic carbocycles. The summed E-state index contributed by atoms with van der Waals surface area (Å²) in [6, 6.07) is 5.82. The highest BCUT2D eigenvalue weighted by molar-refractivity contribution is 5.91. The Morgan fingerprint density at radius 1 is 1.40 bits per heavy atom. The maximum absolute atomic E-state index is 12.6. The number of ether oxygens (including phenoxy) is 2. The molecule has 0 saturated carbocycles. The van der Waals surface area contributed by atoms with Gasteiger partial charge in [-0.3, -0.25) is 0 Å². The van der Waals surface area contributed by atoms with Gasteiger partial charge in [0.2, 0.25) is 0 Å². The van der Waals surface area contributed by atoms with E-state index in [0.29, 0.717) is 5.75 Å². The van der Waals surface area contributed by atoms with E-state index in [4.69, 9.17) is 9.47 Å². The van der Waals surface area contributed by atoms with Crippen molar-refractivity contribution in [3.05, 3.63) is 30.0 Å². The molecule has 134 valence electrons. The Hall–Kier alpha value is -2.05. The highest BCUT2D eigenvalue weighted by Gasteiger charge is 2.46. The number of benzene rings is 1. The molecule has 1 spiro atoms. The molecule has 6 heteroatoms. The zero-order chi connectivity index (χ0) is 17.4. The van der Waals surface area contributed by atoms with Crippen LogP contribution in [0.25, 0.3) is 10.9 Å². The molecule has 2 aromatic rings. The number of hydrogen-bond donors (Lipinski definition) is 1. The molecule has 0 atom stereocenters. The summed E-state index contributed by atoms with van der Waals surface area (Å²) in [7, 11) is 4.12. The molecule has 1 amide bonds. The van der Waals surface area contributed by atoms with Crippen molar-refractivity contribution in [3.63, 3.8) is 0 Å². The Kier molecular flexibility index (Phi) is 4.17. The zero-order valence-electron chi connectivity index (χ0n) is 14.9. The monoisotopic (exact) mass is 343 g/mol. The minimum Gasteiger partial charge on any atom is -0.409 e. The van der Waals surface area contributed by atoms with Gasteiger partial charge in [-0.2, -0.15) is 0 Å². The number of carbonyl (C=O) groups is 1. The number of amides is 1. The van der Waals surface area contributed by atoms with Crippen molar-refractivity contribution in [1.82, 2.24) is 14.8 Å². The summed E-state index contributed by atoms with van der Waals surface area (Å²) in [6.45, 7) is 3.96. The van der Waals surface area contributed by atoms with Gasteiger partial charge >= 0.3 is 6.09 Å². The first-order chi connectivity index (χ1) is 12.1. The number of H-pyrrole nitrogens is 1. The molecule has 6 nitrogen and oxygen atoms in total. The SMILES string of the molecule is CN(C)CCc1c[nH]c2cccc(OC(=O)N3CCC4(COC4)C3)c12. The van der Waals surface area contributed by atoms with Gasteiger partial charge in [0, 0.05) is 42.1 Å². The minimum absolute atomic E-state index is 0.177. The minimum atomic E-state index is -0.254. The zero-order valence-corrected chi connectivity index (χ0v) is 14.9. The standard InChI is InChI=1S/C19H25N3O3/c1-21(2)8-6-14-10-20-15-4-3-5-16(17(14)15)25-18(23)22-9-7-19(11-22)12-24-13-19/h3-5,10,20H,6-9,11-13H2,1-2H3. The number of aromatic amines is 1. The van der Waals surface area contributed by atoms with Gasteiger partial charge in [-0.1, -0.05) is 6.07 Å². The third-order valence-corrected chi connectivity index (χ3v) is 5.29. The first kappa shape index (κ1) is 16.4. The van der Waals surface area contributed by atoms with Gasteiger partial charge < -0.3 is 24.3 Å². The molecule has 0 unspecified atom stereocenters. The molecule has 4 rings (SSSR count). The van der Waals surface area contributed by atoms with E-state index in [1.807, 2.05) is 29.3 Å². The maximum Gasteiger partial charge on any atom is 0.415 e. The summed E-state index contributed by atoms with van der Waals surface area (Å²) in [4.78, 5) is 19.9.